The largest absolute Gasteiger partial charge is 0.475 e. The highest BCUT2D eigenvalue weighted by atomic mass is 16.5. The van der Waals surface area contributed by atoms with E-state index in [4.69, 9.17) is 9.47 Å². The average Bonchev–Trinajstić information content (AvgIpc) is 2.16. The molecule has 0 unspecified atom stereocenters. The molecule has 0 aliphatic rings. The molecule has 0 fully saturated rings. The molecule has 0 radical (unpaired) electrons. The first kappa shape index (κ1) is 12.7. The summed E-state index contributed by atoms with van der Waals surface area (Å²) < 4.78 is 10.3. The Balaban J connectivity index is 2.65. The molecule has 0 amide bonds. The van der Waals surface area contributed by atoms with Gasteiger partial charge in [-0.3, -0.25) is 0 Å². The van der Waals surface area contributed by atoms with E-state index in [1.807, 2.05) is 6.92 Å². The van der Waals surface area contributed by atoms with E-state index in [9.17, 15) is 0 Å². The van der Waals surface area contributed by atoms with Crippen molar-refractivity contribution in [2.45, 2.75) is 26.8 Å². The van der Waals surface area contributed by atoms with Gasteiger partial charge in [-0.1, -0.05) is 0 Å². The van der Waals surface area contributed by atoms with Crippen molar-refractivity contribution in [1.29, 1.82) is 0 Å². The fourth-order valence-corrected chi connectivity index (χ4v) is 1.21. The standard InChI is InChI=1S/C11H19N3O2/c1-8(2)12-10-7-11(14-9(3)13-10)16-6-5-15-4/h7-8H,5-6H2,1-4H3,(H,12,13,14). The van der Waals surface area contributed by atoms with Gasteiger partial charge in [0.2, 0.25) is 5.88 Å². The van der Waals surface area contributed by atoms with Crippen LogP contribution in [-0.2, 0) is 4.74 Å². The van der Waals surface area contributed by atoms with Crippen LogP contribution in [0.15, 0.2) is 6.07 Å². The third kappa shape index (κ3) is 4.44. The molecule has 1 N–H and O–H groups in total. The van der Waals surface area contributed by atoms with Gasteiger partial charge in [0.25, 0.3) is 0 Å². The number of methoxy groups -OCH3 is 1. The van der Waals surface area contributed by atoms with Crippen molar-refractivity contribution in [2.24, 2.45) is 0 Å². The second-order valence-electron chi connectivity index (χ2n) is 3.78. The van der Waals surface area contributed by atoms with Crippen LogP contribution in [0.25, 0.3) is 0 Å². The van der Waals surface area contributed by atoms with E-state index < -0.39 is 0 Å². The van der Waals surface area contributed by atoms with Gasteiger partial charge in [0.15, 0.2) is 0 Å². The van der Waals surface area contributed by atoms with Gasteiger partial charge in [0, 0.05) is 19.2 Å². The Morgan fingerprint density at radius 1 is 1.31 bits per heavy atom. The Labute approximate surface area is 96.2 Å². The van der Waals surface area contributed by atoms with Gasteiger partial charge in [-0.2, -0.15) is 4.98 Å². The predicted molar refractivity (Wildman–Crippen MR) is 62.9 cm³/mol. The topological polar surface area (TPSA) is 56.3 Å². The molecule has 1 aromatic heterocycles. The summed E-state index contributed by atoms with van der Waals surface area (Å²) in [6, 6.07) is 2.13. The number of hydrogen-bond acceptors (Lipinski definition) is 5. The Morgan fingerprint density at radius 3 is 2.69 bits per heavy atom. The van der Waals surface area contributed by atoms with Crippen molar-refractivity contribution in [1.82, 2.24) is 9.97 Å². The number of ether oxygens (including phenoxy) is 2. The number of nitrogens with zero attached hydrogens (tertiary/aromatic N) is 2. The van der Waals surface area contributed by atoms with Gasteiger partial charge in [0.05, 0.1) is 6.61 Å². The minimum absolute atomic E-state index is 0.334. The van der Waals surface area contributed by atoms with Crippen LogP contribution in [0.1, 0.15) is 19.7 Å². The molecule has 0 aliphatic carbocycles. The molecule has 5 heteroatoms. The van der Waals surface area contributed by atoms with E-state index in [1.54, 1.807) is 13.2 Å². The van der Waals surface area contributed by atoms with Crippen molar-refractivity contribution in [2.75, 3.05) is 25.6 Å². The molecule has 0 saturated carbocycles. The fourth-order valence-electron chi connectivity index (χ4n) is 1.21. The lowest BCUT2D eigenvalue weighted by atomic mass is 10.4. The number of hydrogen-bond donors (Lipinski definition) is 1. The second-order valence-corrected chi connectivity index (χ2v) is 3.78. The van der Waals surface area contributed by atoms with Gasteiger partial charge in [-0.15, -0.1) is 0 Å². The summed E-state index contributed by atoms with van der Waals surface area (Å²) in [4.78, 5) is 8.45. The maximum atomic E-state index is 5.43. The highest BCUT2D eigenvalue weighted by Crippen LogP contribution is 2.13. The van der Waals surface area contributed by atoms with Crippen LogP contribution in [0, 0.1) is 6.92 Å². The van der Waals surface area contributed by atoms with Crippen molar-refractivity contribution in [3.8, 4) is 5.88 Å². The molecule has 0 atom stereocenters. The highest BCUT2D eigenvalue weighted by Gasteiger charge is 2.03. The summed E-state index contributed by atoms with van der Waals surface area (Å²) in [6.45, 7) is 7.00. The van der Waals surface area contributed by atoms with Gasteiger partial charge >= 0.3 is 0 Å². The van der Waals surface area contributed by atoms with Gasteiger partial charge in [-0.05, 0) is 20.8 Å². The van der Waals surface area contributed by atoms with Crippen LogP contribution < -0.4 is 10.1 Å². The molecule has 0 saturated heterocycles. The van der Waals surface area contributed by atoms with Crippen molar-refractivity contribution < 1.29 is 9.47 Å². The predicted octanol–water partition coefficient (Wildman–Crippen LogP) is 1.63. The molecule has 0 aromatic carbocycles. The molecule has 0 aliphatic heterocycles. The quantitative estimate of drug-likeness (QED) is 0.746. The fraction of sp³-hybridized carbons (Fsp3) is 0.636. The van der Waals surface area contributed by atoms with Crippen LogP contribution in [0.5, 0.6) is 5.88 Å². The number of rotatable bonds is 6. The summed E-state index contributed by atoms with van der Waals surface area (Å²) in [5.74, 6) is 2.06. The Bertz CT molecular complexity index is 329. The summed E-state index contributed by atoms with van der Waals surface area (Å²) in [5, 5.41) is 3.21. The summed E-state index contributed by atoms with van der Waals surface area (Å²) in [5.41, 5.74) is 0. The Morgan fingerprint density at radius 2 is 2.06 bits per heavy atom. The van der Waals surface area contributed by atoms with Crippen molar-refractivity contribution >= 4 is 5.82 Å². The molecule has 1 aromatic rings. The molecular formula is C11H19N3O2. The van der Waals surface area contributed by atoms with E-state index >= 15 is 0 Å². The number of anilines is 1. The first-order valence-electron chi connectivity index (χ1n) is 5.35. The molecule has 1 heterocycles. The zero-order valence-corrected chi connectivity index (χ0v) is 10.3. The molecule has 0 bridgehead atoms. The third-order valence-electron chi connectivity index (χ3n) is 1.79. The van der Waals surface area contributed by atoms with Crippen LogP contribution in [0.4, 0.5) is 5.82 Å². The number of aryl methyl sites for hydroxylation is 1. The number of nitrogens with one attached hydrogen (secondary N) is 1. The molecule has 0 spiro atoms. The Kier molecular flexibility index (Phi) is 4.98. The first-order chi connectivity index (χ1) is 7.61. The van der Waals surface area contributed by atoms with Gasteiger partial charge in [-0.25, -0.2) is 4.98 Å². The third-order valence-corrected chi connectivity index (χ3v) is 1.79. The maximum absolute atomic E-state index is 5.43. The second kappa shape index (κ2) is 6.27. The lowest BCUT2D eigenvalue weighted by Crippen LogP contribution is -2.13. The number of aromatic nitrogens is 2. The smallest absolute Gasteiger partial charge is 0.218 e. The van der Waals surface area contributed by atoms with Crippen LogP contribution in [0.3, 0.4) is 0 Å². The van der Waals surface area contributed by atoms with Crippen molar-refractivity contribution in [3.63, 3.8) is 0 Å². The lowest BCUT2D eigenvalue weighted by Gasteiger charge is -2.11. The van der Waals surface area contributed by atoms with Crippen molar-refractivity contribution in [3.05, 3.63) is 11.9 Å². The SMILES string of the molecule is COCCOc1cc(NC(C)C)nc(C)n1. The summed E-state index contributed by atoms with van der Waals surface area (Å²) in [6.07, 6.45) is 0. The zero-order valence-electron chi connectivity index (χ0n) is 10.3. The highest BCUT2D eigenvalue weighted by molar-refractivity contribution is 5.38. The minimum atomic E-state index is 0.334. The van der Waals surface area contributed by atoms with E-state index in [0.29, 0.717) is 31.0 Å². The summed E-state index contributed by atoms with van der Waals surface area (Å²) >= 11 is 0. The Hall–Kier alpha value is -1.36. The molecule has 5 nitrogen and oxygen atoms in total. The van der Waals surface area contributed by atoms with Crippen LogP contribution >= 0.6 is 0 Å². The van der Waals surface area contributed by atoms with E-state index in [-0.39, 0.29) is 0 Å². The monoisotopic (exact) mass is 225 g/mol. The molecule has 16 heavy (non-hydrogen) atoms. The van der Waals surface area contributed by atoms with E-state index in [2.05, 4.69) is 29.1 Å². The normalized spacial score (nSPS) is 10.6. The molecular weight excluding hydrogens is 206 g/mol. The maximum Gasteiger partial charge on any atom is 0.218 e. The van der Waals surface area contributed by atoms with E-state index in [1.165, 1.54) is 0 Å². The summed E-state index contributed by atoms with van der Waals surface area (Å²) in [7, 11) is 1.64. The van der Waals surface area contributed by atoms with Gasteiger partial charge < -0.3 is 14.8 Å². The van der Waals surface area contributed by atoms with Gasteiger partial charge in [0.1, 0.15) is 18.2 Å². The average molecular weight is 225 g/mol. The zero-order chi connectivity index (χ0) is 12.0. The molecule has 1 rings (SSSR count). The van der Waals surface area contributed by atoms with E-state index in [0.717, 1.165) is 5.82 Å². The minimum Gasteiger partial charge on any atom is -0.475 e. The first-order valence-corrected chi connectivity index (χ1v) is 5.35. The van der Waals surface area contributed by atoms with Crippen LogP contribution in [0.2, 0.25) is 0 Å². The van der Waals surface area contributed by atoms with Crippen LogP contribution in [-0.4, -0.2) is 36.3 Å². The lowest BCUT2D eigenvalue weighted by molar-refractivity contribution is 0.143. The molecule has 90 valence electrons.